The van der Waals surface area contributed by atoms with Gasteiger partial charge in [-0.05, 0) is 102 Å². The third-order valence-electron chi connectivity index (χ3n) is 10.4. The molecule has 9 rings (SSSR count). The number of hydrogen-bond donors (Lipinski definition) is 0. The molecule has 0 saturated carbocycles. The van der Waals surface area contributed by atoms with E-state index in [2.05, 4.69) is 209 Å². The second-order valence-electron chi connectivity index (χ2n) is 14.9. The third-order valence-corrected chi connectivity index (χ3v) is 10.4. The monoisotopic (exact) mass is 711 g/mol. The van der Waals surface area contributed by atoms with E-state index >= 15 is 0 Å². The molecule has 0 spiro atoms. The molecule has 8 aromatic carbocycles. The SMILES string of the molecule is Cc1ccc(-c2ccc(N(c3ccc(-c4ccccc4)cc3)c3ccc4c(c3)-c3ccccc3C4(C)C)cc2)cc1.Cc1ccccc1.Cc1ccccc1. The van der Waals surface area contributed by atoms with Crippen LogP contribution < -0.4 is 4.90 Å². The molecule has 0 saturated heterocycles. The first-order valence-electron chi connectivity index (χ1n) is 19.2. The average molecular weight is 712 g/mol. The van der Waals surface area contributed by atoms with Gasteiger partial charge in [0, 0.05) is 22.5 Å². The van der Waals surface area contributed by atoms with Gasteiger partial charge in [-0.1, -0.05) is 200 Å². The molecule has 270 valence electrons. The van der Waals surface area contributed by atoms with E-state index in [9.17, 15) is 0 Å². The van der Waals surface area contributed by atoms with Crippen molar-refractivity contribution < 1.29 is 0 Å². The molecule has 0 aromatic heterocycles. The lowest BCUT2D eigenvalue weighted by atomic mass is 9.82. The van der Waals surface area contributed by atoms with Crippen molar-refractivity contribution in [2.75, 3.05) is 4.90 Å². The van der Waals surface area contributed by atoms with E-state index in [1.54, 1.807) is 0 Å². The lowest BCUT2D eigenvalue weighted by Crippen LogP contribution is -2.15. The van der Waals surface area contributed by atoms with Gasteiger partial charge in [0.05, 0.1) is 0 Å². The maximum atomic E-state index is 2.38. The van der Waals surface area contributed by atoms with Gasteiger partial charge in [-0.25, -0.2) is 0 Å². The normalized spacial score (nSPS) is 11.9. The van der Waals surface area contributed by atoms with E-state index in [0.717, 1.165) is 17.1 Å². The van der Waals surface area contributed by atoms with Crippen LogP contribution in [0.3, 0.4) is 0 Å². The molecule has 1 aliphatic carbocycles. The first kappa shape index (κ1) is 36.9. The van der Waals surface area contributed by atoms with Gasteiger partial charge in [-0.15, -0.1) is 0 Å². The molecule has 0 atom stereocenters. The predicted octanol–water partition coefficient (Wildman–Crippen LogP) is 15.1. The Morgan fingerprint density at radius 3 is 1.15 bits per heavy atom. The molecule has 1 heteroatoms. The summed E-state index contributed by atoms with van der Waals surface area (Å²) >= 11 is 0. The summed E-state index contributed by atoms with van der Waals surface area (Å²) in [6.45, 7) is 11.0. The van der Waals surface area contributed by atoms with E-state index in [1.165, 1.54) is 61.2 Å². The predicted molar refractivity (Wildman–Crippen MR) is 237 cm³/mol. The van der Waals surface area contributed by atoms with Gasteiger partial charge in [-0.3, -0.25) is 0 Å². The van der Waals surface area contributed by atoms with E-state index in [4.69, 9.17) is 0 Å². The van der Waals surface area contributed by atoms with Gasteiger partial charge in [-0.2, -0.15) is 0 Å². The van der Waals surface area contributed by atoms with Crippen LogP contribution in [0.2, 0.25) is 0 Å². The maximum absolute atomic E-state index is 2.38. The zero-order chi connectivity index (χ0) is 38.2. The zero-order valence-electron chi connectivity index (χ0n) is 32.6. The van der Waals surface area contributed by atoms with Gasteiger partial charge in [0.1, 0.15) is 0 Å². The summed E-state index contributed by atoms with van der Waals surface area (Å²) in [5, 5.41) is 0. The number of aryl methyl sites for hydroxylation is 3. The van der Waals surface area contributed by atoms with Gasteiger partial charge in [0.15, 0.2) is 0 Å². The second kappa shape index (κ2) is 16.7. The molecule has 55 heavy (non-hydrogen) atoms. The zero-order valence-corrected chi connectivity index (χ0v) is 32.6. The summed E-state index contributed by atoms with van der Waals surface area (Å²) in [7, 11) is 0. The Morgan fingerprint density at radius 2 is 0.673 bits per heavy atom. The summed E-state index contributed by atoms with van der Waals surface area (Å²) in [5.74, 6) is 0. The van der Waals surface area contributed by atoms with Crippen LogP contribution in [0.25, 0.3) is 33.4 Å². The van der Waals surface area contributed by atoms with E-state index < -0.39 is 0 Å². The Morgan fingerprint density at radius 1 is 0.309 bits per heavy atom. The fourth-order valence-electron chi connectivity index (χ4n) is 7.35. The number of nitrogens with zero attached hydrogens (tertiary/aromatic N) is 1. The van der Waals surface area contributed by atoms with Crippen molar-refractivity contribution in [2.45, 2.75) is 40.0 Å². The minimum absolute atomic E-state index is 0.0116. The number of hydrogen-bond acceptors (Lipinski definition) is 1. The number of anilines is 3. The van der Waals surface area contributed by atoms with Crippen LogP contribution in [-0.2, 0) is 5.41 Å². The highest BCUT2D eigenvalue weighted by Gasteiger charge is 2.35. The largest absolute Gasteiger partial charge is 0.310 e. The van der Waals surface area contributed by atoms with Crippen molar-refractivity contribution in [1.29, 1.82) is 0 Å². The fraction of sp³-hybridized carbons (Fsp3) is 0.111. The van der Waals surface area contributed by atoms with E-state index in [-0.39, 0.29) is 5.41 Å². The molecule has 0 unspecified atom stereocenters. The molecular formula is C54H49N. The number of rotatable bonds is 5. The molecule has 8 aromatic rings. The van der Waals surface area contributed by atoms with Crippen LogP contribution in [0.15, 0.2) is 206 Å². The van der Waals surface area contributed by atoms with Crippen molar-refractivity contribution in [3.05, 3.63) is 234 Å². The molecule has 1 nitrogen and oxygen atoms in total. The Kier molecular flexibility index (Phi) is 11.2. The van der Waals surface area contributed by atoms with Gasteiger partial charge in [0.2, 0.25) is 0 Å². The molecule has 0 N–H and O–H groups in total. The van der Waals surface area contributed by atoms with Crippen LogP contribution in [0.4, 0.5) is 17.1 Å². The molecule has 1 aliphatic rings. The summed E-state index contributed by atoms with van der Waals surface area (Å²) in [5.41, 5.74) is 17.7. The Labute approximate surface area is 328 Å². The molecular weight excluding hydrogens is 663 g/mol. The first-order chi connectivity index (χ1) is 26.8. The summed E-state index contributed by atoms with van der Waals surface area (Å²) in [6.07, 6.45) is 0. The molecule has 0 radical (unpaired) electrons. The first-order valence-corrected chi connectivity index (χ1v) is 19.2. The number of fused-ring (bicyclic) bond motifs is 3. The van der Waals surface area contributed by atoms with Gasteiger partial charge >= 0.3 is 0 Å². The summed E-state index contributed by atoms with van der Waals surface area (Å²) in [6, 6.07) is 73.6. The van der Waals surface area contributed by atoms with E-state index in [1.807, 2.05) is 36.4 Å². The van der Waals surface area contributed by atoms with E-state index in [0.29, 0.717) is 0 Å². The minimum Gasteiger partial charge on any atom is -0.310 e. The third kappa shape index (κ3) is 8.53. The highest BCUT2D eigenvalue weighted by atomic mass is 15.1. The maximum Gasteiger partial charge on any atom is 0.0468 e. The van der Waals surface area contributed by atoms with Crippen LogP contribution in [0, 0.1) is 20.8 Å². The van der Waals surface area contributed by atoms with Gasteiger partial charge in [0.25, 0.3) is 0 Å². The standard InChI is InChI=1S/C40H33N.2C7H8/c1-28-13-15-30(16-14-28)32-19-23-34(24-20-32)41(33-21-17-31(18-22-33)29-9-5-4-6-10-29)35-25-26-39-37(27-35)36-11-7-8-12-38(36)40(39,2)3;2*1-7-5-3-2-4-6-7/h4-27H,1-3H3;2*2-6H,1H3. The highest BCUT2D eigenvalue weighted by molar-refractivity contribution is 5.87. The molecule has 0 amide bonds. The lowest BCUT2D eigenvalue weighted by Gasteiger charge is -2.27. The van der Waals surface area contributed by atoms with Gasteiger partial charge < -0.3 is 4.90 Å². The minimum atomic E-state index is -0.0116. The van der Waals surface area contributed by atoms with Crippen LogP contribution >= 0.6 is 0 Å². The quantitative estimate of drug-likeness (QED) is 0.172. The number of benzene rings is 8. The molecule has 0 heterocycles. The van der Waals surface area contributed by atoms with Crippen molar-refractivity contribution in [3.63, 3.8) is 0 Å². The molecule has 0 aliphatic heterocycles. The highest BCUT2D eigenvalue weighted by Crippen LogP contribution is 2.50. The Hall–Kier alpha value is -6.44. The van der Waals surface area contributed by atoms with Crippen molar-refractivity contribution in [1.82, 2.24) is 0 Å². The molecule has 0 bridgehead atoms. The fourth-order valence-corrected chi connectivity index (χ4v) is 7.35. The van der Waals surface area contributed by atoms with Crippen LogP contribution in [0.1, 0.15) is 41.7 Å². The van der Waals surface area contributed by atoms with Crippen molar-refractivity contribution in [3.8, 4) is 33.4 Å². The second-order valence-corrected chi connectivity index (χ2v) is 14.9. The lowest BCUT2D eigenvalue weighted by molar-refractivity contribution is 0.660. The Bertz CT molecular complexity index is 2390. The van der Waals surface area contributed by atoms with Crippen molar-refractivity contribution >= 4 is 17.1 Å². The Balaban J connectivity index is 0.000000278. The van der Waals surface area contributed by atoms with Crippen molar-refractivity contribution in [2.24, 2.45) is 0 Å². The van der Waals surface area contributed by atoms with Crippen LogP contribution in [-0.4, -0.2) is 0 Å². The topological polar surface area (TPSA) is 3.24 Å². The summed E-state index contributed by atoms with van der Waals surface area (Å²) < 4.78 is 0. The van der Waals surface area contributed by atoms with Crippen LogP contribution in [0.5, 0.6) is 0 Å². The summed E-state index contributed by atoms with van der Waals surface area (Å²) in [4.78, 5) is 2.38. The molecule has 0 fully saturated rings. The smallest absolute Gasteiger partial charge is 0.0468 e. The average Bonchev–Trinajstić information content (AvgIpc) is 3.46.